The molecule has 176 valence electrons. The first-order valence-electron chi connectivity index (χ1n) is 11.3. The number of amides is 1. The zero-order valence-electron chi connectivity index (χ0n) is 19.5. The highest BCUT2D eigenvalue weighted by Crippen LogP contribution is 2.41. The van der Waals surface area contributed by atoms with Crippen molar-refractivity contribution >= 4 is 40.4 Å². The summed E-state index contributed by atoms with van der Waals surface area (Å²) < 4.78 is 11.0. The molecule has 3 aromatic carbocycles. The normalized spacial score (nSPS) is 16.6. The summed E-state index contributed by atoms with van der Waals surface area (Å²) in [5, 5.41) is 0.743. The average Bonchev–Trinajstić information content (AvgIpc) is 3.23. The predicted molar refractivity (Wildman–Crippen MR) is 142 cm³/mol. The van der Waals surface area contributed by atoms with Crippen molar-refractivity contribution in [2.75, 3.05) is 20.0 Å². The Morgan fingerprint density at radius 3 is 2.34 bits per heavy atom. The molecule has 2 heterocycles. The number of carbonyl (C=O) groups excluding carboxylic acids is 1. The summed E-state index contributed by atoms with van der Waals surface area (Å²) in [6.45, 7) is 0. The summed E-state index contributed by atoms with van der Waals surface area (Å²) >= 11 is 1.58. The average molecular weight is 484 g/mol. The van der Waals surface area contributed by atoms with Gasteiger partial charge in [-0.15, -0.1) is 0 Å². The molecule has 0 aliphatic carbocycles. The SMILES string of the molecule is COc1cc2c(cc1OC)C1=NC(=O)C(Cc3ccccc3)N1C(SCC=Cc1ccccc1)=N2. The van der Waals surface area contributed by atoms with Crippen molar-refractivity contribution in [2.24, 2.45) is 9.98 Å². The van der Waals surface area contributed by atoms with Gasteiger partial charge >= 0.3 is 0 Å². The van der Waals surface area contributed by atoms with Crippen molar-refractivity contribution in [2.45, 2.75) is 12.5 Å². The second kappa shape index (κ2) is 10.2. The highest BCUT2D eigenvalue weighted by molar-refractivity contribution is 8.14. The van der Waals surface area contributed by atoms with Crippen LogP contribution in [0, 0.1) is 0 Å². The van der Waals surface area contributed by atoms with Crippen LogP contribution in [0.4, 0.5) is 5.69 Å². The molecule has 0 fully saturated rings. The Kier molecular flexibility index (Phi) is 6.68. The van der Waals surface area contributed by atoms with Crippen LogP contribution in [-0.2, 0) is 11.2 Å². The Morgan fingerprint density at radius 1 is 0.943 bits per heavy atom. The van der Waals surface area contributed by atoms with E-state index in [0.717, 1.165) is 21.9 Å². The molecular weight excluding hydrogens is 458 g/mol. The molecule has 1 unspecified atom stereocenters. The van der Waals surface area contributed by atoms with E-state index >= 15 is 0 Å². The van der Waals surface area contributed by atoms with Crippen LogP contribution in [-0.4, -0.2) is 47.8 Å². The zero-order valence-corrected chi connectivity index (χ0v) is 20.4. The van der Waals surface area contributed by atoms with E-state index in [2.05, 4.69) is 29.3 Å². The van der Waals surface area contributed by atoms with Gasteiger partial charge in [-0.2, -0.15) is 4.99 Å². The molecule has 0 spiro atoms. The van der Waals surface area contributed by atoms with Crippen LogP contribution in [0.15, 0.2) is 88.9 Å². The Balaban J connectivity index is 1.49. The van der Waals surface area contributed by atoms with Crippen molar-refractivity contribution < 1.29 is 14.3 Å². The van der Waals surface area contributed by atoms with Gasteiger partial charge in [-0.05, 0) is 17.2 Å². The van der Waals surface area contributed by atoms with Gasteiger partial charge in [0.25, 0.3) is 5.91 Å². The minimum Gasteiger partial charge on any atom is -0.493 e. The highest BCUT2D eigenvalue weighted by atomic mass is 32.2. The van der Waals surface area contributed by atoms with E-state index in [0.29, 0.717) is 35.2 Å². The number of benzene rings is 3. The Bertz CT molecular complexity index is 1320. The molecule has 0 saturated carbocycles. The minimum absolute atomic E-state index is 0.167. The number of hydrogen-bond donors (Lipinski definition) is 0. The summed E-state index contributed by atoms with van der Waals surface area (Å²) in [4.78, 5) is 24.5. The summed E-state index contributed by atoms with van der Waals surface area (Å²) in [5.41, 5.74) is 3.69. The van der Waals surface area contributed by atoms with Gasteiger partial charge < -0.3 is 9.47 Å². The summed E-state index contributed by atoms with van der Waals surface area (Å²) in [5.74, 6) is 2.30. The molecule has 3 aromatic rings. The van der Waals surface area contributed by atoms with Crippen molar-refractivity contribution in [1.82, 2.24) is 4.90 Å². The molecule has 1 atom stereocenters. The number of thioether (sulfide) groups is 1. The maximum atomic E-state index is 13.1. The standard InChI is InChI=1S/C28H25N3O3S/c1-33-24-17-21-22(18-25(24)34-2)29-28(35-15-9-14-19-10-5-3-6-11-19)31-23(27(32)30-26(21)31)16-20-12-7-4-8-13-20/h3-14,17-18,23H,15-16H2,1-2H3. The monoisotopic (exact) mass is 483 g/mol. The minimum atomic E-state index is -0.446. The van der Waals surface area contributed by atoms with Gasteiger partial charge in [0.2, 0.25) is 0 Å². The van der Waals surface area contributed by atoms with E-state index in [1.807, 2.05) is 65.6 Å². The first kappa shape index (κ1) is 22.9. The Labute approximate surface area is 209 Å². The third-order valence-corrected chi connectivity index (χ3v) is 6.80. The van der Waals surface area contributed by atoms with Gasteiger partial charge in [0.1, 0.15) is 11.9 Å². The first-order chi connectivity index (χ1) is 17.2. The Morgan fingerprint density at radius 2 is 1.63 bits per heavy atom. The third-order valence-electron chi connectivity index (χ3n) is 5.90. The van der Waals surface area contributed by atoms with Crippen LogP contribution in [0.5, 0.6) is 11.5 Å². The van der Waals surface area contributed by atoms with E-state index in [-0.39, 0.29) is 5.91 Å². The fourth-order valence-corrected chi connectivity index (χ4v) is 5.05. The van der Waals surface area contributed by atoms with Crippen molar-refractivity contribution in [3.63, 3.8) is 0 Å². The second-order valence-corrected chi connectivity index (χ2v) is 9.08. The summed E-state index contributed by atoms with van der Waals surface area (Å²) in [7, 11) is 3.19. The van der Waals surface area contributed by atoms with Gasteiger partial charge in [0.15, 0.2) is 16.7 Å². The van der Waals surface area contributed by atoms with E-state index in [4.69, 9.17) is 14.5 Å². The van der Waals surface area contributed by atoms with E-state index < -0.39 is 6.04 Å². The number of nitrogens with zero attached hydrogens (tertiary/aromatic N) is 3. The maximum absolute atomic E-state index is 13.1. The molecule has 0 saturated heterocycles. The zero-order chi connectivity index (χ0) is 24.2. The number of rotatable bonds is 7. The largest absolute Gasteiger partial charge is 0.493 e. The van der Waals surface area contributed by atoms with Crippen molar-refractivity contribution in [3.8, 4) is 11.5 Å². The quantitative estimate of drug-likeness (QED) is 0.453. The number of aliphatic imine (C=N–C) groups is 2. The van der Waals surface area contributed by atoms with Crippen LogP contribution < -0.4 is 9.47 Å². The molecule has 5 rings (SSSR count). The molecule has 0 radical (unpaired) electrons. The number of ether oxygens (including phenoxy) is 2. The highest BCUT2D eigenvalue weighted by Gasteiger charge is 2.42. The Hall–Kier alpha value is -3.84. The van der Waals surface area contributed by atoms with Gasteiger partial charge in [-0.25, -0.2) is 4.99 Å². The van der Waals surface area contributed by atoms with Crippen LogP contribution in [0.25, 0.3) is 6.08 Å². The maximum Gasteiger partial charge on any atom is 0.271 e. The molecule has 0 bridgehead atoms. The smallest absolute Gasteiger partial charge is 0.271 e. The fraction of sp³-hybridized carbons (Fsp3) is 0.179. The number of carbonyl (C=O) groups is 1. The summed E-state index contributed by atoms with van der Waals surface area (Å²) in [6.07, 6.45) is 4.74. The predicted octanol–water partition coefficient (Wildman–Crippen LogP) is 5.35. The molecule has 0 aromatic heterocycles. The number of methoxy groups -OCH3 is 2. The second-order valence-electron chi connectivity index (χ2n) is 8.09. The third kappa shape index (κ3) is 4.72. The van der Waals surface area contributed by atoms with Crippen LogP contribution >= 0.6 is 11.8 Å². The van der Waals surface area contributed by atoms with Gasteiger partial charge in [0, 0.05) is 23.8 Å². The van der Waals surface area contributed by atoms with Gasteiger partial charge in [-0.3, -0.25) is 9.69 Å². The molecule has 35 heavy (non-hydrogen) atoms. The van der Waals surface area contributed by atoms with E-state index in [9.17, 15) is 4.79 Å². The van der Waals surface area contributed by atoms with E-state index in [1.165, 1.54) is 0 Å². The molecular formula is C28H25N3O3S. The first-order valence-corrected chi connectivity index (χ1v) is 12.3. The molecule has 2 aliphatic heterocycles. The molecule has 0 N–H and O–H groups in total. The number of amidine groups is 2. The molecule has 7 heteroatoms. The molecule has 6 nitrogen and oxygen atoms in total. The lowest BCUT2D eigenvalue weighted by Crippen LogP contribution is -2.44. The van der Waals surface area contributed by atoms with Crippen LogP contribution in [0.1, 0.15) is 16.7 Å². The van der Waals surface area contributed by atoms with Crippen LogP contribution in [0.2, 0.25) is 0 Å². The lowest BCUT2D eigenvalue weighted by atomic mass is 10.0. The van der Waals surface area contributed by atoms with Crippen molar-refractivity contribution in [3.05, 3.63) is 95.6 Å². The molecule has 1 amide bonds. The molecule has 2 aliphatic rings. The van der Waals surface area contributed by atoms with Gasteiger partial charge in [0.05, 0.1) is 19.9 Å². The fourth-order valence-electron chi connectivity index (χ4n) is 4.19. The number of hydrogen-bond acceptors (Lipinski definition) is 6. The van der Waals surface area contributed by atoms with Gasteiger partial charge in [-0.1, -0.05) is 84.6 Å². The van der Waals surface area contributed by atoms with E-state index in [1.54, 1.807) is 26.0 Å². The van der Waals surface area contributed by atoms with Crippen molar-refractivity contribution in [1.29, 1.82) is 0 Å². The lowest BCUT2D eigenvalue weighted by molar-refractivity contribution is -0.119. The van der Waals surface area contributed by atoms with Crippen LogP contribution in [0.3, 0.4) is 0 Å². The topological polar surface area (TPSA) is 63.5 Å². The number of fused-ring (bicyclic) bond motifs is 3. The summed E-state index contributed by atoms with van der Waals surface area (Å²) in [6, 6.07) is 23.4. The lowest BCUT2D eigenvalue weighted by Gasteiger charge is -2.31.